The first-order valence-electron chi connectivity index (χ1n) is 11.7. The van der Waals surface area contributed by atoms with Crippen LogP contribution in [0.5, 0.6) is 0 Å². The number of hydrogen-bond acceptors (Lipinski definition) is 10. The van der Waals surface area contributed by atoms with Crippen LogP contribution in [0.3, 0.4) is 0 Å². The molecule has 0 spiro atoms. The average molecular weight is 522 g/mol. The molecule has 0 aromatic carbocycles. The maximum atomic E-state index is 12.9. The van der Waals surface area contributed by atoms with E-state index in [9.17, 15) is 19.2 Å². The first-order chi connectivity index (χ1) is 18.3. The quantitative estimate of drug-likeness (QED) is 0.266. The highest BCUT2D eigenvalue weighted by atomic mass is 16.5. The molecule has 0 radical (unpaired) electrons. The van der Waals surface area contributed by atoms with Crippen LogP contribution in [0.2, 0.25) is 0 Å². The van der Waals surface area contributed by atoms with Crippen LogP contribution in [0.25, 0.3) is 11.2 Å². The van der Waals surface area contributed by atoms with Crippen LogP contribution in [0.15, 0.2) is 65.0 Å². The minimum atomic E-state index is -0.712. The maximum absolute atomic E-state index is 12.9. The van der Waals surface area contributed by atoms with Crippen molar-refractivity contribution >= 4 is 23.1 Å². The van der Waals surface area contributed by atoms with Crippen LogP contribution in [-0.4, -0.2) is 78.3 Å². The van der Waals surface area contributed by atoms with Crippen LogP contribution in [0.4, 0.5) is 0 Å². The zero-order chi connectivity index (χ0) is 27.2. The van der Waals surface area contributed by atoms with Crippen LogP contribution in [-0.2, 0) is 30.1 Å². The number of aromatic nitrogens is 6. The molecule has 0 fully saturated rings. The highest BCUT2D eigenvalue weighted by Gasteiger charge is 2.22. The smallest absolute Gasteiger partial charge is 0.338 e. The number of rotatable bonds is 10. The van der Waals surface area contributed by atoms with E-state index in [-0.39, 0.29) is 30.9 Å². The van der Waals surface area contributed by atoms with Crippen molar-refractivity contribution in [1.29, 1.82) is 0 Å². The molecule has 4 rings (SSSR count). The number of carbonyl (C=O) groups is 2. The van der Waals surface area contributed by atoms with Gasteiger partial charge < -0.3 is 14.0 Å². The van der Waals surface area contributed by atoms with Gasteiger partial charge in [0.1, 0.15) is 12.7 Å². The number of imidazole rings is 1. The number of likely N-dealkylation sites (N-methyl/N-ethyl adjacent to an activating group) is 1. The molecule has 38 heavy (non-hydrogen) atoms. The van der Waals surface area contributed by atoms with Gasteiger partial charge in [0, 0.05) is 52.0 Å². The Morgan fingerprint density at radius 3 is 2.18 bits per heavy atom. The van der Waals surface area contributed by atoms with E-state index in [2.05, 4.69) is 15.0 Å². The highest BCUT2D eigenvalue weighted by molar-refractivity contribution is 5.89. The SMILES string of the molecule is CN(CCOC(=O)c1ccncc1)CC(Cn1cnc2c1c(=O)n(C)c(=O)n2C)OC(=O)c1ccncc1. The van der Waals surface area contributed by atoms with Gasteiger partial charge in [-0.05, 0) is 31.3 Å². The van der Waals surface area contributed by atoms with Gasteiger partial charge >= 0.3 is 17.6 Å². The summed E-state index contributed by atoms with van der Waals surface area (Å²) in [6, 6.07) is 6.21. The summed E-state index contributed by atoms with van der Waals surface area (Å²) in [5, 5.41) is 0. The number of nitrogens with zero attached hydrogens (tertiary/aromatic N) is 7. The molecule has 0 saturated carbocycles. The third kappa shape index (κ3) is 5.83. The van der Waals surface area contributed by atoms with Crippen molar-refractivity contribution in [3.05, 3.63) is 87.3 Å². The Kier molecular flexibility index (Phi) is 8.06. The van der Waals surface area contributed by atoms with Gasteiger partial charge in [0.2, 0.25) is 0 Å². The fraction of sp³-hybridized carbons (Fsp3) is 0.320. The molecule has 0 aliphatic carbocycles. The molecule has 4 aromatic heterocycles. The minimum Gasteiger partial charge on any atom is -0.461 e. The van der Waals surface area contributed by atoms with Crippen LogP contribution in [0, 0.1) is 0 Å². The predicted octanol–water partition coefficient (Wildman–Crippen LogP) is 0.238. The van der Waals surface area contributed by atoms with Crippen molar-refractivity contribution in [3.63, 3.8) is 0 Å². The van der Waals surface area contributed by atoms with Crippen molar-refractivity contribution in [2.24, 2.45) is 14.1 Å². The normalized spacial score (nSPS) is 12.0. The first kappa shape index (κ1) is 26.4. The van der Waals surface area contributed by atoms with E-state index >= 15 is 0 Å². The molecule has 198 valence electrons. The van der Waals surface area contributed by atoms with E-state index in [1.165, 1.54) is 49.8 Å². The molecule has 0 saturated heterocycles. The zero-order valence-electron chi connectivity index (χ0n) is 21.2. The Bertz CT molecular complexity index is 1550. The summed E-state index contributed by atoms with van der Waals surface area (Å²) in [5.41, 5.74) is 0.176. The van der Waals surface area contributed by atoms with Gasteiger partial charge in [-0.2, -0.15) is 0 Å². The lowest BCUT2D eigenvalue weighted by Crippen LogP contribution is -2.39. The lowest BCUT2D eigenvalue weighted by molar-refractivity contribution is 0.0155. The topological polar surface area (TPSA) is 143 Å². The van der Waals surface area contributed by atoms with E-state index in [4.69, 9.17) is 9.47 Å². The number of carbonyl (C=O) groups excluding carboxylic acids is 2. The van der Waals surface area contributed by atoms with E-state index in [1.54, 1.807) is 35.9 Å². The molecule has 0 aliphatic rings. The van der Waals surface area contributed by atoms with Crippen LogP contribution >= 0.6 is 0 Å². The minimum absolute atomic E-state index is 0.0991. The highest BCUT2D eigenvalue weighted by Crippen LogP contribution is 2.11. The van der Waals surface area contributed by atoms with Gasteiger partial charge in [0.05, 0.1) is 24.0 Å². The fourth-order valence-corrected chi connectivity index (χ4v) is 3.90. The van der Waals surface area contributed by atoms with Crippen molar-refractivity contribution in [2.45, 2.75) is 12.6 Å². The van der Waals surface area contributed by atoms with E-state index in [0.717, 1.165) is 4.57 Å². The maximum Gasteiger partial charge on any atom is 0.338 e. The standard InChI is InChI=1S/C25H27N7O6/c1-29(12-13-37-23(34)17-4-8-26-9-5-17)14-19(38-24(35)18-6-10-27-11-7-18)15-32-16-28-21-20(32)22(33)31(3)25(36)30(21)2/h4-11,16,19H,12-15H2,1-3H3. The monoisotopic (exact) mass is 521 g/mol. The van der Waals surface area contributed by atoms with Crippen molar-refractivity contribution < 1.29 is 19.1 Å². The summed E-state index contributed by atoms with van der Waals surface area (Å²) in [4.78, 5) is 64.0. The number of ether oxygens (including phenoxy) is 2. The van der Waals surface area contributed by atoms with Gasteiger partial charge in [-0.15, -0.1) is 0 Å². The average Bonchev–Trinajstić information content (AvgIpc) is 3.35. The molecular weight excluding hydrogens is 494 g/mol. The largest absolute Gasteiger partial charge is 0.461 e. The molecule has 0 amide bonds. The third-order valence-corrected chi connectivity index (χ3v) is 5.94. The van der Waals surface area contributed by atoms with E-state index in [1.807, 2.05) is 4.90 Å². The van der Waals surface area contributed by atoms with Crippen molar-refractivity contribution in [3.8, 4) is 0 Å². The van der Waals surface area contributed by atoms with E-state index < -0.39 is 29.3 Å². The zero-order valence-corrected chi connectivity index (χ0v) is 21.2. The number of fused-ring (bicyclic) bond motifs is 1. The molecule has 0 aliphatic heterocycles. The summed E-state index contributed by atoms with van der Waals surface area (Å²) < 4.78 is 15.0. The second-order valence-electron chi connectivity index (χ2n) is 8.67. The number of aryl methyl sites for hydroxylation is 1. The third-order valence-electron chi connectivity index (χ3n) is 5.94. The van der Waals surface area contributed by atoms with Crippen molar-refractivity contribution in [2.75, 3.05) is 26.7 Å². The molecular formula is C25H27N7O6. The Morgan fingerprint density at radius 1 is 0.947 bits per heavy atom. The molecule has 1 unspecified atom stereocenters. The Labute approximate surface area is 216 Å². The number of hydrogen-bond donors (Lipinski definition) is 0. The molecule has 0 N–H and O–H groups in total. The summed E-state index contributed by atoms with van der Waals surface area (Å²) in [5.74, 6) is -1.02. The lowest BCUT2D eigenvalue weighted by Gasteiger charge is -2.24. The summed E-state index contributed by atoms with van der Waals surface area (Å²) in [7, 11) is 4.72. The van der Waals surface area contributed by atoms with Gasteiger partial charge in [0.15, 0.2) is 11.2 Å². The second-order valence-corrected chi connectivity index (χ2v) is 8.67. The predicted molar refractivity (Wildman–Crippen MR) is 136 cm³/mol. The van der Waals surface area contributed by atoms with Gasteiger partial charge in [-0.25, -0.2) is 19.4 Å². The molecule has 1 atom stereocenters. The molecule has 0 bridgehead atoms. The molecule has 13 heteroatoms. The molecule has 13 nitrogen and oxygen atoms in total. The van der Waals surface area contributed by atoms with Crippen LogP contribution < -0.4 is 11.2 Å². The summed E-state index contributed by atoms with van der Waals surface area (Å²) >= 11 is 0. The van der Waals surface area contributed by atoms with Gasteiger partial charge in [-0.1, -0.05) is 0 Å². The first-order valence-corrected chi connectivity index (χ1v) is 11.7. The number of pyridine rings is 2. The molecule has 4 aromatic rings. The number of esters is 2. The fourth-order valence-electron chi connectivity index (χ4n) is 3.90. The molecule has 4 heterocycles. The summed E-state index contributed by atoms with van der Waals surface area (Å²) in [6.07, 6.45) is 6.72. The van der Waals surface area contributed by atoms with Gasteiger partial charge in [0.25, 0.3) is 5.56 Å². The second kappa shape index (κ2) is 11.6. The Balaban J connectivity index is 1.50. The van der Waals surface area contributed by atoms with E-state index in [0.29, 0.717) is 17.7 Å². The Hall–Kier alpha value is -4.65. The lowest BCUT2D eigenvalue weighted by atomic mass is 10.2. The van der Waals surface area contributed by atoms with Crippen molar-refractivity contribution in [1.82, 2.24) is 33.6 Å². The van der Waals surface area contributed by atoms with Gasteiger partial charge in [-0.3, -0.25) is 28.8 Å². The van der Waals surface area contributed by atoms with Crippen LogP contribution in [0.1, 0.15) is 20.7 Å². The Morgan fingerprint density at radius 2 is 1.55 bits per heavy atom. The summed E-state index contributed by atoms with van der Waals surface area (Å²) in [6.45, 7) is 0.831.